The third-order valence-corrected chi connectivity index (χ3v) is 6.69. The second kappa shape index (κ2) is 11.4. The van der Waals surface area contributed by atoms with Crippen LogP contribution in [0.5, 0.6) is 11.5 Å². The maximum absolute atomic E-state index is 11.5. The highest BCUT2D eigenvalue weighted by Crippen LogP contribution is 2.34. The summed E-state index contributed by atoms with van der Waals surface area (Å²) in [4.78, 5) is 20.7. The first-order chi connectivity index (χ1) is 18.9. The molecule has 0 unspecified atom stereocenters. The number of fused-ring (bicyclic) bond motifs is 1. The number of hydrogen-bond acceptors (Lipinski definition) is 5. The van der Waals surface area contributed by atoms with Gasteiger partial charge in [0.15, 0.2) is 0 Å². The van der Waals surface area contributed by atoms with Crippen LogP contribution in [0.2, 0.25) is 0 Å². The van der Waals surface area contributed by atoms with E-state index in [1.54, 1.807) is 6.20 Å². The van der Waals surface area contributed by atoms with E-state index in [-0.39, 0.29) is 5.91 Å². The fraction of sp³-hybridized carbons (Fsp3) is 0.182. The Kier molecular flexibility index (Phi) is 7.55. The monoisotopic (exact) mass is 517 g/mol. The number of carbonyl (C=O) groups is 1. The minimum absolute atomic E-state index is 0.0916. The van der Waals surface area contributed by atoms with Crippen LogP contribution in [-0.2, 0) is 18.0 Å². The Balaban J connectivity index is 1.42. The molecule has 0 radical (unpaired) electrons. The van der Waals surface area contributed by atoms with Crippen LogP contribution in [0, 0.1) is 20.8 Å². The van der Waals surface area contributed by atoms with E-state index in [9.17, 15) is 4.79 Å². The van der Waals surface area contributed by atoms with Gasteiger partial charge in [-0.3, -0.25) is 9.78 Å². The van der Waals surface area contributed by atoms with Gasteiger partial charge in [0.1, 0.15) is 30.2 Å². The number of carbonyl (C=O) groups excluding carboxylic acids is 1. The van der Waals surface area contributed by atoms with Gasteiger partial charge in [-0.25, -0.2) is 4.98 Å². The van der Waals surface area contributed by atoms with E-state index >= 15 is 0 Å². The molecule has 0 bridgehead atoms. The molecule has 0 spiro atoms. The summed E-state index contributed by atoms with van der Waals surface area (Å²) in [5.41, 5.74) is 8.80. The molecule has 0 aliphatic carbocycles. The first-order valence-corrected chi connectivity index (χ1v) is 12.9. The quantitative estimate of drug-likeness (QED) is 0.233. The Morgan fingerprint density at radius 1 is 0.846 bits per heavy atom. The molecule has 0 aliphatic rings. The number of hydrogen-bond donors (Lipinski definition) is 1. The Morgan fingerprint density at radius 2 is 1.67 bits per heavy atom. The van der Waals surface area contributed by atoms with Gasteiger partial charge in [0, 0.05) is 36.0 Å². The molecule has 6 nitrogen and oxygen atoms in total. The second-order valence-corrected chi connectivity index (χ2v) is 9.61. The van der Waals surface area contributed by atoms with Gasteiger partial charge in [0.05, 0.1) is 5.69 Å². The maximum atomic E-state index is 11.5. The van der Waals surface area contributed by atoms with E-state index in [4.69, 9.17) is 14.5 Å². The van der Waals surface area contributed by atoms with E-state index < -0.39 is 0 Å². The van der Waals surface area contributed by atoms with E-state index in [1.165, 1.54) is 6.92 Å². The average Bonchev–Trinajstić information content (AvgIpc) is 2.92. The molecule has 5 rings (SSSR count). The van der Waals surface area contributed by atoms with E-state index in [0.29, 0.717) is 19.0 Å². The molecule has 3 aromatic carbocycles. The largest absolute Gasteiger partial charge is 0.487 e. The molecular formula is C33H31N3O3. The highest BCUT2D eigenvalue weighted by atomic mass is 16.5. The molecular weight excluding hydrogens is 486 g/mol. The lowest BCUT2D eigenvalue weighted by Crippen LogP contribution is -2.06. The minimum atomic E-state index is -0.0916. The van der Waals surface area contributed by atoms with Crippen LogP contribution in [0.4, 0.5) is 5.69 Å². The predicted octanol–water partition coefficient (Wildman–Crippen LogP) is 7.34. The summed E-state index contributed by atoms with van der Waals surface area (Å²) in [6.45, 7) is 8.45. The number of rotatable bonds is 8. The number of benzene rings is 3. The minimum Gasteiger partial charge on any atom is -0.487 e. The van der Waals surface area contributed by atoms with Crippen LogP contribution >= 0.6 is 0 Å². The SMILES string of the molecule is CC(=O)Nc1cccc(-c2ccc(C)c(COc3cccc4c(OCc5ccccn5)cc(C)nc34)c2C)c1. The van der Waals surface area contributed by atoms with Gasteiger partial charge < -0.3 is 14.8 Å². The van der Waals surface area contributed by atoms with Crippen LogP contribution in [0.1, 0.15) is 35.0 Å². The predicted molar refractivity (Wildman–Crippen MR) is 155 cm³/mol. The summed E-state index contributed by atoms with van der Waals surface area (Å²) in [6, 6.07) is 25.8. The van der Waals surface area contributed by atoms with Crippen molar-refractivity contribution in [3.05, 3.63) is 113 Å². The van der Waals surface area contributed by atoms with Gasteiger partial charge in [0.25, 0.3) is 0 Å². The summed E-state index contributed by atoms with van der Waals surface area (Å²) >= 11 is 0. The number of aromatic nitrogens is 2. The molecule has 0 fully saturated rings. The van der Waals surface area contributed by atoms with Crippen molar-refractivity contribution in [2.75, 3.05) is 5.32 Å². The number of ether oxygens (including phenoxy) is 2. The fourth-order valence-corrected chi connectivity index (χ4v) is 4.73. The van der Waals surface area contributed by atoms with Gasteiger partial charge in [-0.1, -0.05) is 36.4 Å². The Hall–Kier alpha value is -4.71. The van der Waals surface area contributed by atoms with Crippen LogP contribution in [0.25, 0.3) is 22.0 Å². The molecule has 0 aliphatic heterocycles. The lowest BCUT2D eigenvalue weighted by atomic mass is 9.93. The number of amides is 1. The van der Waals surface area contributed by atoms with Crippen molar-refractivity contribution >= 4 is 22.5 Å². The number of para-hydroxylation sites is 1. The topological polar surface area (TPSA) is 73.3 Å². The van der Waals surface area contributed by atoms with E-state index in [1.807, 2.05) is 67.6 Å². The molecule has 0 atom stereocenters. The molecule has 1 amide bonds. The summed E-state index contributed by atoms with van der Waals surface area (Å²) in [5.74, 6) is 1.36. The smallest absolute Gasteiger partial charge is 0.221 e. The lowest BCUT2D eigenvalue weighted by Gasteiger charge is -2.17. The third kappa shape index (κ3) is 5.91. The summed E-state index contributed by atoms with van der Waals surface area (Å²) in [7, 11) is 0. The van der Waals surface area contributed by atoms with Crippen molar-refractivity contribution < 1.29 is 14.3 Å². The van der Waals surface area contributed by atoms with Crippen molar-refractivity contribution in [1.29, 1.82) is 0 Å². The third-order valence-electron chi connectivity index (χ3n) is 6.69. The molecule has 0 saturated heterocycles. The standard InChI is InChI=1S/C33H31N3O3/c1-21-14-15-28(25-9-7-11-26(18-25)36-24(4)37)23(3)30(21)20-39-31-13-8-12-29-32(17-22(2)35-33(29)31)38-19-27-10-5-6-16-34-27/h5-18H,19-20H2,1-4H3,(H,36,37). The molecule has 2 aromatic heterocycles. The van der Waals surface area contributed by atoms with Crippen LogP contribution in [0.15, 0.2) is 85.1 Å². The van der Waals surface area contributed by atoms with E-state index in [2.05, 4.69) is 42.3 Å². The Labute approximate surface area is 228 Å². The first kappa shape index (κ1) is 25.9. The normalized spacial score (nSPS) is 10.9. The summed E-state index contributed by atoms with van der Waals surface area (Å²) < 4.78 is 12.6. The van der Waals surface area contributed by atoms with Crippen LogP contribution < -0.4 is 14.8 Å². The second-order valence-electron chi connectivity index (χ2n) is 9.61. The molecule has 39 heavy (non-hydrogen) atoms. The fourth-order valence-electron chi connectivity index (χ4n) is 4.73. The van der Waals surface area contributed by atoms with Gasteiger partial charge in [-0.2, -0.15) is 0 Å². The number of pyridine rings is 2. The maximum Gasteiger partial charge on any atom is 0.221 e. The van der Waals surface area contributed by atoms with Crippen molar-refractivity contribution in [2.24, 2.45) is 0 Å². The van der Waals surface area contributed by atoms with Crippen molar-refractivity contribution in [2.45, 2.75) is 40.9 Å². The van der Waals surface area contributed by atoms with Gasteiger partial charge in [0.2, 0.25) is 5.91 Å². The number of aryl methyl sites for hydroxylation is 2. The molecule has 2 heterocycles. The average molecular weight is 518 g/mol. The zero-order valence-electron chi connectivity index (χ0n) is 22.6. The molecule has 0 saturated carbocycles. The van der Waals surface area contributed by atoms with Crippen molar-refractivity contribution in [3.63, 3.8) is 0 Å². The van der Waals surface area contributed by atoms with Crippen LogP contribution in [-0.4, -0.2) is 15.9 Å². The van der Waals surface area contributed by atoms with Gasteiger partial charge in [-0.05, 0) is 85.0 Å². The number of nitrogens with one attached hydrogen (secondary N) is 1. The highest BCUT2D eigenvalue weighted by Gasteiger charge is 2.14. The highest BCUT2D eigenvalue weighted by molar-refractivity contribution is 5.90. The zero-order valence-corrected chi connectivity index (χ0v) is 22.6. The molecule has 5 aromatic rings. The lowest BCUT2D eigenvalue weighted by molar-refractivity contribution is -0.114. The van der Waals surface area contributed by atoms with Crippen LogP contribution in [0.3, 0.4) is 0 Å². The summed E-state index contributed by atoms with van der Waals surface area (Å²) in [5, 5.41) is 3.76. The summed E-state index contributed by atoms with van der Waals surface area (Å²) in [6.07, 6.45) is 1.76. The van der Waals surface area contributed by atoms with E-state index in [0.717, 1.165) is 61.5 Å². The zero-order chi connectivity index (χ0) is 27.4. The van der Waals surface area contributed by atoms with Gasteiger partial charge >= 0.3 is 0 Å². The number of nitrogens with zero attached hydrogens (tertiary/aromatic N) is 2. The Bertz CT molecular complexity index is 1650. The van der Waals surface area contributed by atoms with Crippen molar-refractivity contribution in [1.82, 2.24) is 9.97 Å². The van der Waals surface area contributed by atoms with Crippen molar-refractivity contribution in [3.8, 4) is 22.6 Å². The molecule has 6 heteroatoms. The molecule has 196 valence electrons. The Morgan fingerprint density at radius 3 is 2.46 bits per heavy atom. The first-order valence-electron chi connectivity index (χ1n) is 12.9. The molecule has 1 N–H and O–H groups in total. The van der Waals surface area contributed by atoms with Gasteiger partial charge in [-0.15, -0.1) is 0 Å². The number of anilines is 1.